The molecule has 0 saturated carbocycles. The topological polar surface area (TPSA) is 68.2 Å². The Morgan fingerprint density at radius 3 is 2.59 bits per heavy atom. The first-order valence-electron chi connectivity index (χ1n) is 5.29. The van der Waals surface area contributed by atoms with Crippen molar-refractivity contribution < 1.29 is 24.4 Å². The third-order valence-electron chi connectivity index (χ3n) is 2.23. The molecule has 0 aliphatic rings. The van der Waals surface area contributed by atoms with Gasteiger partial charge >= 0.3 is 0 Å². The molecule has 0 fully saturated rings. The third kappa shape index (κ3) is 3.89. The van der Waals surface area contributed by atoms with Gasteiger partial charge in [0.1, 0.15) is 12.7 Å². The molecule has 5 heteroatoms. The predicted octanol–water partition coefficient (Wildman–Crippen LogP) is 0.574. The maximum Gasteiger partial charge on any atom is 0.166 e. The van der Waals surface area contributed by atoms with Crippen molar-refractivity contribution in [1.29, 1.82) is 0 Å². The average Bonchev–Trinajstić information content (AvgIpc) is 2.36. The first-order chi connectivity index (χ1) is 8.22. The van der Waals surface area contributed by atoms with E-state index in [9.17, 15) is 10.2 Å². The summed E-state index contributed by atoms with van der Waals surface area (Å²) in [7, 11) is 3.03. The predicted molar refractivity (Wildman–Crippen MR) is 62.3 cm³/mol. The fraction of sp³-hybridized carbons (Fsp3) is 0.500. The number of aliphatic hydroxyl groups excluding tert-OH is 2. The lowest BCUT2D eigenvalue weighted by Gasteiger charge is -2.16. The average molecular weight is 242 g/mol. The molecule has 2 N–H and O–H groups in total. The van der Waals surface area contributed by atoms with Gasteiger partial charge in [-0.1, -0.05) is 12.1 Å². The number of para-hydroxylation sites is 1. The molecule has 0 heterocycles. The molecule has 0 aromatic heterocycles. The molecule has 96 valence electrons. The normalized spacial score (nSPS) is 12.2. The maximum absolute atomic E-state index is 9.48. The van der Waals surface area contributed by atoms with Crippen molar-refractivity contribution >= 4 is 0 Å². The molecule has 1 atom stereocenters. The molecule has 17 heavy (non-hydrogen) atoms. The standard InChI is InChI=1S/C12H18O5/c1-15-7-10(14)8-17-12-9(6-13)4-3-5-11(12)16-2/h3-5,10,13-14H,6-8H2,1-2H3. The highest BCUT2D eigenvalue weighted by Crippen LogP contribution is 2.31. The number of benzene rings is 1. The van der Waals surface area contributed by atoms with Crippen LogP contribution in [0.4, 0.5) is 0 Å². The summed E-state index contributed by atoms with van der Waals surface area (Å²) in [5.74, 6) is 0.980. The summed E-state index contributed by atoms with van der Waals surface area (Å²) < 4.78 is 15.4. The van der Waals surface area contributed by atoms with Gasteiger partial charge in [-0.3, -0.25) is 0 Å². The van der Waals surface area contributed by atoms with Gasteiger partial charge in [-0.25, -0.2) is 0 Å². The molecule has 1 aromatic carbocycles. The van der Waals surface area contributed by atoms with Crippen LogP contribution in [-0.2, 0) is 11.3 Å². The second-order valence-electron chi connectivity index (χ2n) is 3.53. The van der Waals surface area contributed by atoms with Gasteiger partial charge in [0.15, 0.2) is 11.5 Å². The van der Waals surface area contributed by atoms with Gasteiger partial charge in [0.25, 0.3) is 0 Å². The van der Waals surface area contributed by atoms with E-state index >= 15 is 0 Å². The van der Waals surface area contributed by atoms with Gasteiger partial charge in [0.05, 0.1) is 20.3 Å². The number of methoxy groups -OCH3 is 2. The summed E-state index contributed by atoms with van der Waals surface area (Å²) in [4.78, 5) is 0. The number of hydrogen-bond donors (Lipinski definition) is 2. The fourth-order valence-electron chi connectivity index (χ4n) is 1.43. The summed E-state index contributed by atoms with van der Waals surface area (Å²) >= 11 is 0. The molecule has 1 aromatic rings. The minimum absolute atomic E-state index is 0.0845. The van der Waals surface area contributed by atoms with E-state index in [0.717, 1.165) is 0 Å². The highest BCUT2D eigenvalue weighted by Gasteiger charge is 2.12. The SMILES string of the molecule is COCC(O)COc1c(CO)cccc1OC. The van der Waals surface area contributed by atoms with Gasteiger partial charge in [-0.05, 0) is 6.07 Å². The zero-order chi connectivity index (χ0) is 12.7. The van der Waals surface area contributed by atoms with Crippen molar-refractivity contribution in [2.45, 2.75) is 12.7 Å². The molecule has 0 aliphatic carbocycles. The van der Waals surface area contributed by atoms with E-state index in [1.165, 1.54) is 14.2 Å². The van der Waals surface area contributed by atoms with Crippen LogP contribution in [0.3, 0.4) is 0 Å². The van der Waals surface area contributed by atoms with E-state index in [4.69, 9.17) is 14.2 Å². The van der Waals surface area contributed by atoms with E-state index in [1.54, 1.807) is 18.2 Å². The lowest BCUT2D eigenvalue weighted by molar-refractivity contribution is 0.0313. The third-order valence-corrected chi connectivity index (χ3v) is 2.23. The van der Waals surface area contributed by atoms with Crippen LogP contribution in [0.15, 0.2) is 18.2 Å². The largest absolute Gasteiger partial charge is 0.493 e. The van der Waals surface area contributed by atoms with Crippen LogP contribution in [-0.4, -0.2) is 43.8 Å². The highest BCUT2D eigenvalue weighted by molar-refractivity contribution is 5.46. The van der Waals surface area contributed by atoms with Gasteiger partial charge in [-0.15, -0.1) is 0 Å². The number of hydrogen-bond acceptors (Lipinski definition) is 5. The Bertz CT molecular complexity index is 317. The molecule has 1 rings (SSSR count). The lowest BCUT2D eigenvalue weighted by Crippen LogP contribution is -2.23. The van der Waals surface area contributed by atoms with Crippen molar-refractivity contribution in [2.24, 2.45) is 0 Å². The van der Waals surface area contributed by atoms with Crippen molar-refractivity contribution in [1.82, 2.24) is 0 Å². The number of rotatable bonds is 7. The monoisotopic (exact) mass is 242 g/mol. The molecule has 0 bridgehead atoms. The Balaban J connectivity index is 2.74. The quantitative estimate of drug-likeness (QED) is 0.731. The Labute approximate surface area is 101 Å². The van der Waals surface area contributed by atoms with Gasteiger partial charge in [-0.2, -0.15) is 0 Å². The van der Waals surface area contributed by atoms with Crippen molar-refractivity contribution in [3.8, 4) is 11.5 Å². The fourth-order valence-corrected chi connectivity index (χ4v) is 1.43. The minimum Gasteiger partial charge on any atom is -0.493 e. The first kappa shape index (κ1) is 13.8. The van der Waals surface area contributed by atoms with Gasteiger partial charge in [0, 0.05) is 12.7 Å². The van der Waals surface area contributed by atoms with Crippen LogP contribution in [0, 0.1) is 0 Å². The van der Waals surface area contributed by atoms with Crippen molar-refractivity contribution in [3.05, 3.63) is 23.8 Å². The maximum atomic E-state index is 9.48. The zero-order valence-corrected chi connectivity index (χ0v) is 10.0. The number of ether oxygens (including phenoxy) is 3. The van der Waals surface area contributed by atoms with Gasteiger partial charge < -0.3 is 24.4 Å². The molecule has 5 nitrogen and oxygen atoms in total. The van der Waals surface area contributed by atoms with E-state index < -0.39 is 6.10 Å². The molecule has 0 amide bonds. The molecule has 0 radical (unpaired) electrons. The van der Waals surface area contributed by atoms with Crippen LogP contribution in [0.1, 0.15) is 5.56 Å². The van der Waals surface area contributed by atoms with E-state index in [1.807, 2.05) is 0 Å². The molecule has 0 spiro atoms. The molecular formula is C12H18O5. The molecule has 0 saturated heterocycles. The van der Waals surface area contributed by atoms with Crippen molar-refractivity contribution in [3.63, 3.8) is 0 Å². The summed E-state index contributed by atoms with van der Waals surface area (Å²) in [6.07, 6.45) is -0.712. The molecular weight excluding hydrogens is 224 g/mol. The van der Waals surface area contributed by atoms with Crippen LogP contribution < -0.4 is 9.47 Å². The smallest absolute Gasteiger partial charge is 0.166 e. The van der Waals surface area contributed by atoms with Crippen LogP contribution in [0.5, 0.6) is 11.5 Å². The summed E-state index contributed by atoms with van der Waals surface area (Å²) in [5, 5.41) is 18.7. The first-order valence-corrected chi connectivity index (χ1v) is 5.29. The Hall–Kier alpha value is -1.30. The van der Waals surface area contributed by atoms with Gasteiger partial charge in [0.2, 0.25) is 0 Å². The Kier molecular flexibility index (Phi) is 5.76. The van der Waals surface area contributed by atoms with E-state index in [2.05, 4.69) is 0 Å². The zero-order valence-electron chi connectivity index (χ0n) is 10.0. The summed E-state index contributed by atoms with van der Waals surface area (Å²) in [6.45, 7) is 0.137. The van der Waals surface area contributed by atoms with E-state index in [-0.39, 0.29) is 19.8 Å². The number of aliphatic hydroxyl groups is 2. The van der Waals surface area contributed by atoms with Crippen LogP contribution in [0.2, 0.25) is 0 Å². The van der Waals surface area contributed by atoms with Crippen molar-refractivity contribution in [2.75, 3.05) is 27.4 Å². The minimum atomic E-state index is -0.712. The Morgan fingerprint density at radius 2 is 2.00 bits per heavy atom. The summed E-state index contributed by atoms with van der Waals surface area (Å²) in [6, 6.07) is 5.24. The summed E-state index contributed by atoms with van der Waals surface area (Å²) in [5.41, 5.74) is 0.619. The van der Waals surface area contributed by atoms with Crippen LogP contribution in [0.25, 0.3) is 0 Å². The molecule has 0 aliphatic heterocycles. The second kappa shape index (κ2) is 7.11. The van der Waals surface area contributed by atoms with E-state index in [0.29, 0.717) is 17.1 Å². The Morgan fingerprint density at radius 1 is 1.24 bits per heavy atom. The highest BCUT2D eigenvalue weighted by atomic mass is 16.5. The lowest BCUT2D eigenvalue weighted by atomic mass is 10.2. The van der Waals surface area contributed by atoms with Crippen LogP contribution >= 0.6 is 0 Å². The molecule has 1 unspecified atom stereocenters. The second-order valence-corrected chi connectivity index (χ2v) is 3.53.